The minimum atomic E-state index is -0.764. The Morgan fingerprint density at radius 3 is 2.55 bits per heavy atom. The molecule has 2 rings (SSSR count). The van der Waals surface area contributed by atoms with Gasteiger partial charge in [0.15, 0.2) is 0 Å². The first-order valence-electron chi connectivity index (χ1n) is 6.56. The van der Waals surface area contributed by atoms with Crippen LogP contribution in [0.3, 0.4) is 0 Å². The van der Waals surface area contributed by atoms with E-state index in [2.05, 4.69) is 5.32 Å². The van der Waals surface area contributed by atoms with Gasteiger partial charge < -0.3 is 10.4 Å². The fourth-order valence-electron chi connectivity index (χ4n) is 2.26. The molecule has 1 aliphatic heterocycles. The van der Waals surface area contributed by atoms with Crippen LogP contribution < -0.4 is 5.32 Å². The van der Waals surface area contributed by atoms with E-state index >= 15 is 0 Å². The fraction of sp³-hybridized carbons (Fsp3) is 0.429. The third kappa shape index (κ3) is 3.54. The van der Waals surface area contributed by atoms with E-state index in [0.717, 1.165) is 0 Å². The van der Waals surface area contributed by atoms with Gasteiger partial charge in [0.05, 0.1) is 18.2 Å². The summed E-state index contributed by atoms with van der Waals surface area (Å²) in [6, 6.07) is 5.81. The Labute approximate surface area is 116 Å². The van der Waals surface area contributed by atoms with E-state index in [-0.39, 0.29) is 11.5 Å². The number of rotatable bonds is 4. The number of piperidine rings is 1. The Bertz CT molecular complexity index is 499. The molecule has 1 fully saturated rings. The smallest absolute Gasteiger partial charge is 0.306 e. The van der Waals surface area contributed by atoms with Gasteiger partial charge in [0, 0.05) is 13.1 Å². The first-order chi connectivity index (χ1) is 9.58. The van der Waals surface area contributed by atoms with Gasteiger partial charge in [-0.25, -0.2) is 4.39 Å². The van der Waals surface area contributed by atoms with Gasteiger partial charge >= 0.3 is 5.97 Å². The summed E-state index contributed by atoms with van der Waals surface area (Å²) >= 11 is 0. The van der Waals surface area contributed by atoms with Crippen LogP contribution in [0.2, 0.25) is 0 Å². The molecule has 1 saturated heterocycles. The maximum Gasteiger partial charge on any atom is 0.306 e. The van der Waals surface area contributed by atoms with Crippen molar-refractivity contribution in [3.8, 4) is 0 Å². The number of carboxylic acid groups (broad SMARTS) is 1. The van der Waals surface area contributed by atoms with Crippen molar-refractivity contribution in [1.82, 2.24) is 10.2 Å². The minimum Gasteiger partial charge on any atom is -0.481 e. The lowest BCUT2D eigenvalue weighted by Crippen LogP contribution is -2.43. The summed E-state index contributed by atoms with van der Waals surface area (Å²) in [5.41, 5.74) is 0.0212. The van der Waals surface area contributed by atoms with Crippen LogP contribution in [0.4, 0.5) is 4.39 Å². The highest BCUT2D eigenvalue weighted by molar-refractivity contribution is 5.94. The molecular formula is C14H17FN2O3. The number of halogens is 1. The molecule has 0 unspecified atom stereocenters. The van der Waals surface area contributed by atoms with Gasteiger partial charge in [-0.05, 0) is 25.0 Å². The molecule has 108 valence electrons. The number of benzene rings is 1. The number of aliphatic carboxylic acids is 1. The van der Waals surface area contributed by atoms with Crippen LogP contribution in [0.5, 0.6) is 0 Å². The SMILES string of the molecule is O=C(NCN1CCC(C(=O)O)CC1)c1ccccc1F. The highest BCUT2D eigenvalue weighted by Gasteiger charge is 2.24. The Hall–Kier alpha value is -1.95. The number of carbonyl (C=O) groups is 2. The molecule has 1 amide bonds. The van der Waals surface area contributed by atoms with Crippen molar-refractivity contribution in [2.45, 2.75) is 12.8 Å². The second-order valence-corrected chi connectivity index (χ2v) is 4.87. The monoisotopic (exact) mass is 280 g/mol. The number of likely N-dealkylation sites (tertiary alicyclic amines) is 1. The van der Waals surface area contributed by atoms with Gasteiger partial charge in [0.25, 0.3) is 5.91 Å². The highest BCUT2D eigenvalue weighted by atomic mass is 19.1. The molecule has 1 aromatic carbocycles. The number of hydrogen-bond donors (Lipinski definition) is 2. The number of carbonyl (C=O) groups excluding carboxylic acids is 1. The molecule has 2 N–H and O–H groups in total. The third-order valence-corrected chi connectivity index (χ3v) is 3.52. The quantitative estimate of drug-likeness (QED) is 0.872. The zero-order chi connectivity index (χ0) is 14.5. The standard InChI is InChI=1S/C14H17FN2O3/c15-12-4-2-1-3-11(12)13(18)16-9-17-7-5-10(6-8-17)14(19)20/h1-4,10H,5-9H2,(H,16,18)(H,19,20). The van der Waals surface area contributed by atoms with Crippen molar-refractivity contribution < 1.29 is 19.1 Å². The number of carboxylic acids is 1. The minimum absolute atomic E-state index is 0.0212. The normalized spacial score (nSPS) is 16.9. The summed E-state index contributed by atoms with van der Waals surface area (Å²) in [6.45, 7) is 1.54. The van der Waals surface area contributed by atoms with E-state index in [9.17, 15) is 14.0 Å². The summed E-state index contributed by atoms with van der Waals surface area (Å²) < 4.78 is 13.4. The van der Waals surface area contributed by atoms with Gasteiger partial charge in [0.1, 0.15) is 5.82 Å². The van der Waals surface area contributed by atoms with Crippen LogP contribution in [0.25, 0.3) is 0 Å². The van der Waals surface area contributed by atoms with Crippen molar-refractivity contribution in [2.24, 2.45) is 5.92 Å². The van der Waals surface area contributed by atoms with Crippen LogP contribution in [0.1, 0.15) is 23.2 Å². The zero-order valence-corrected chi connectivity index (χ0v) is 11.0. The van der Waals surface area contributed by atoms with E-state index < -0.39 is 17.7 Å². The predicted octanol–water partition coefficient (Wildman–Crippen LogP) is 1.31. The van der Waals surface area contributed by atoms with E-state index in [4.69, 9.17) is 5.11 Å². The fourth-order valence-corrected chi connectivity index (χ4v) is 2.26. The summed E-state index contributed by atoms with van der Waals surface area (Å²) in [5.74, 6) is -2.06. The van der Waals surface area contributed by atoms with Gasteiger partial charge in [-0.3, -0.25) is 14.5 Å². The summed E-state index contributed by atoms with van der Waals surface area (Å²) in [7, 11) is 0. The van der Waals surface area contributed by atoms with Gasteiger partial charge in [-0.1, -0.05) is 12.1 Å². The molecule has 0 aromatic heterocycles. The molecule has 6 heteroatoms. The predicted molar refractivity (Wildman–Crippen MR) is 70.7 cm³/mol. The molecule has 20 heavy (non-hydrogen) atoms. The Kier molecular flexibility index (Phi) is 4.68. The molecule has 5 nitrogen and oxygen atoms in total. The number of hydrogen-bond acceptors (Lipinski definition) is 3. The lowest BCUT2D eigenvalue weighted by Gasteiger charge is -2.29. The second kappa shape index (κ2) is 6.47. The van der Waals surface area contributed by atoms with Crippen LogP contribution in [-0.4, -0.2) is 41.6 Å². The summed E-state index contributed by atoms with van der Waals surface area (Å²) in [4.78, 5) is 24.6. The second-order valence-electron chi connectivity index (χ2n) is 4.87. The molecular weight excluding hydrogens is 263 g/mol. The number of nitrogens with zero attached hydrogens (tertiary/aromatic N) is 1. The molecule has 1 heterocycles. The van der Waals surface area contributed by atoms with Crippen LogP contribution in [0.15, 0.2) is 24.3 Å². The van der Waals surface area contributed by atoms with Crippen molar-refractivity contribution >= 4 is 11.9 Å². The van der Waals surface area contributed by atoms with Crippen LogP contribution in [-0.2, 0) is 4.79 Å². The topological polar surface area (TPSA) is 69.6 Å². The summed E-state index contributed by atoms with van der Waals surface area (Å²) in [6.07, 6.45) is 1.15. The number of nitrogens with one attached hydrogen (secondary N) is 1. The molecule has 0 aliphatic carbocycles. The zero-order valence-electron chi connectivity index (χ0n) is 11.0. The van der Waals surface area contributed by atoms with Gasteiger partial charge in [0.2, 0.25) is 0 Å². The lowest BCUT2D eigenvalue weighted by atomic mass is 9.97. The van der Waals surface area contributed by atoms with Gasteiger partial charge in [-0.15, -0.1) is 0 Å². The van der Waals surface area contributed by atoms with E-state index in [1.165, 1.54) is 18.2 Å². The van der Waals surface area contributed by atoms with Crippen molar-refractivity contribution in [3.05, 3.63) is 35.6 Å². The first kappa shape index (κ1) is 14.5. The number of amides is 1. The largest absolute Gasteiger partial charge is 0.481 e. The molecule has 0 bridgehead atoms. The maximum absolute atomic E-state index is 13.4. The van der Waals surface area contributed by atoms with Crippen LogP contribution >= 0.6 is 0 Å². The summed E-state index contributed by atoms with van der Waals surface area (Å²) in [5, 5.41) is 11.5. The van der Waals surface area contributed by atoms with E-state index in [1.807, 2.05) is 4.90 Å². The molecule has 1 aliphatic rings. The molecule has 1 aromatic rings. The molecule has 0 spiro atoms. The van der Waals surface area contributed by atoms with E-state index in [1.54, 1.807) is 6.07 Å². The van der Waals surface area contributed by atoms with Crippen molar-refractivity contribution in [1.29, 1.82) is 0 Å². The third-order valence-electron chi connectivity index (χ3n) is 3.52. The van der Waals surface area contributed by atoms with Gasteiger partial charge in [-0.2, -0.15) is 0 Å². The average molecular weight is 280 g/mol. The van der Waals surface area contributed by atoms with E-state index in [0.29, 0.717) is 32.6 Å². The van der Waals surface area contributed by atoms with Crippen LogP contribution in [0, 0.1) is 11.7 Å². The Morgan fingerprint density at radius 1 is 1.30 bits per heavy atom. The Morgan fingerprint density at radius 2 is 1.95 bits per heavy atom. The first-order valence-corrected chi connectivity index (χ1v) is 6.56. The van der Waals surface area contributed by atoms with Crippen molar-refractivity contribution in [3.63, 3.8) is 0 Å². The maximum atomic E-state index is 13.4. The molecule has 0 saturated carbocycles. The Balaban J connectivity index is 1.80. The average Bonchev–Trinajstić information content (AvgIpc) is 2.45. The molecule has 0 atom stereocenters. The van der Waals surface area contributed by atoms with Crippen molar-refractivity contribution in [2.75, 3.05) is 19.8 Å². The molecule has 0 radical (unpaired) electrons. The lowest BCUT2D eigenvalue weighted by molar-refractivity contribution is -0.143. The highest BCUT2D eigenvalue weighted by Crippen LogP contribution is 2.16.